The van der Waals surface area contributed by atoms with Crippen LogP contribution in [0.15, 0.2) is 65.7 Å². The maximum atomic E-state index is 12.4. The third kappa shape index (κ3) is 4.67. The summed E-state index contributed by atoms with van der Waals surface area (Å²) in [6, 6.07) is 11.2. The maximum absolute atomic E-state index is 12.4. The van der Waals surface area contributed by atoms with E-state index in [0.717, 1.165) is 23.4 Å². The van der Waals surface area contributed by atoms with E-state index in [-0.39, 0.29) is 5.91 Å². The summed E-state index contributed by atoms with van der Waals surface area (Å²) in [6.45, 7) is 1.21. The van der Waals surface area contributed by atoms with E-state index >= 15 is 0 Å². The number of nitrogens with one attached hydrogen (secondary N) is 1. The molecule has 25 heavy (non-hydrogen) atoms. The molecule has 3 rings (SSSR count). The molecule has 3 aromatic rings. The first kappa shape index (κ1) is 16.7. The van der Waals surface area contributed by atoms with Crippen molar-refractivity contribution in [1.82, 2.24) is 14.9 Å². The van der Waals surface area contributed by atoms with E-state index in [0.29, 0.717) is 18.8 Å². The fourth-order valence-corrected chi connectivity index (χ4v) is 2.37. The van der Waals surface area contributed by atoms with Gasteiger partial charge in [-0.15, -0.1) is 0 Å². The molecule has 3 aromatic heterocycles. The highest BCUT2D eigenvalue weighted by Crippen LogP contribution is 2.10. The number of nitrogens with zero attached hydrogens (tertiary/aromatic N) is 3. The predicted molar refractivity (Wildman–Crippen MR) is 95.2 cm³/mol. The molecule has 1 amide bonds. The monoisotopic (exact) mass is 336 g/mol. The second-order valence-electron chi connectivity index (χ2n) is 5.70. The van der Waals surface area contributed by atoms with Gasteiger partial charge in [-0.3, -0.25) is 9.78 Å². The lowest BCUT2D eigenvalue weighted by atomic mass is 10.2. The average molecular weight is 336 g/mol. The molecule has 0 atom stereocenters. The van der Waals surface area contributed by atoms with Crippen LogP contribution in [0.5, 0.6) is 0 Å². The Morgan fingerprint density at radius 1 is 1.20 bits per heavy atom. The Morgan fingerprint density at radius 2 is 2.04 bits per heavy atom. The number of likely N-dealkylation sites (N-methyl/N-ethyl adjacent to an activating group) is 1. The number of rotatable bonds is 7. The fraction of sp³-hybridized carbons (Fsp3) is 0.211. The molecular weight excluding hydrogens is 316 g/mol. The highest BCUT2D eigenvalue weighted by atomic mass is 16.3. The normalized spacial score (nSPS) is 10.4. The van der Waals surface area contributed by atoms with Gasteiger partial charge in [-0.2, -0.15) is 0 Å². The Labute approximate surface area is 146 Å². The number of furan rings is 1. The van der Waals surface area contributed by atoms with Crippen LogP contribution in [0.1, 0.15) is 21.8 Å². The lowest BCUT2D eigenvalue weighted by Gasteiger charge is -2.16. The molecule has 1 N–H and O–H groups in total. The van der Waals surface area contributed by atoms with Crippen LogP contribution in [-0.2, 0) is 13.0 Å². The number of hydrogen-bond donors (Lipinski definition) is 1. The number of aromatic nitrogens is 2. The van der Waals surface area contributed by atoms with Crippen molar-refractivity contribution in [2.75, 3.05) is 18.9 Å². The SMILES string of the molecule is CN(CCc1ccncc1)C(=O)c1ccc(NCc2ccco2)cn1. The molecule has 0 saturated carbocycles. The summed E-state index contributed by atoms with van der Waals surface area (Å²) in [5, 5.41) is 3.20. The van der Waals surface area contributed by atoms with Gasteiger partial charge < -0.3 is 14.6 Å². The third-order valence-electron chi connectivity index (χ3n) is 3.86. The number of amides is 1. The second kappa shape index (κ2) is 8.10. The van der Waals surface area contributed by atoms with Crippen molar-refractivity contribution in [3.63, 3.8) is 0 Å². The summed E-state index contributed by atoms with van der Waals surface area (Å²) in [5.41, 5.74) is 2.42. The number of anilines is 1. The van der Waals surface area contributed by atoms with Crippen molar-refractivity contribution in [3.05, 3.63) is 78.3 Å². The molecule has 3 heterocycles. The van der Waals surface area contributed by atoms with Crippen LogP contribution in [-0.4, -0.2) is 34.4 Å². The molecule has 0 radical (unpaired) electrons. The molecule has 0 aliphatic heterocycles. The Morgan fingerprint density at radius 3 is 2.72 bits per heavy atom. The number of pyridine rings is 2. The molecule has 0 aromatic carbocycles. The first-order valence-electron chi connectivity index (χ1n) is 8.09. The van der Waals surface area contributed by atoms with Crippen LogP contribution in [0.2, 0.25) is 0 Å². The first-order chi connectivity index (χ1) is 12.2. The number of carbonyl (C=O) groups is 1. The zero-order valence-corrected chi connectivity index (χ0v) is 14.1. The van der Waals surface area contributed by atoms with Gasteiger partial charge in [-0.1, -0.05) is 0 Å². The summed E-state index contributed by atoms with van der Waals surface area (Å²) >= 11 is 0. The smallest absolute Gasteiger partial charge is 0.272 e. The molecular formula is C19H20N4O2. The molecule has 0 fully saturated rings. The van der Waals surface area contributed by atoms with Gasteiger partial charge in [0.05, 0.1) is 24.7 Å². The third-order valence-corrected chi connectivity index (χ3v) is 3.86. The van der Waals surface area contributed by atoms with Crippen LogP contribution < -0.4 is 5.32 Å². The average Bonchev–Trinajstić information content (AvgIpc) is 3.19. The van der Waals surface area contributed by atoms with Crippen molar-refractivity contribution < 1.29 is 9.21 Å². The maximum Gasteiger partial charge on any atom is 0.272 e. The number of carbonyl (C=O) groups excluding carboxylic acids is 1. The van der Waals surface area contributed by atoms with Crippen molar-refractivity contribution in [2.45, 2.75) is 13.0 Å². The number of hydrogen-bond acceptors (Lipinski definition) is 5. The molecule has 6 nitrogen and oxygen atoms in total. The summed E-state index contributed by atoms with van der Waals surface area (Å²) in [5.74, 6) is 0.752. The van der Waals surface area contributed by atoms with Gasteiger partial charge >= 0.3 is 0 Å². The zero-order chi connectivity index (χ0) is 17.5. The van der Waals surface area contributed by atoms with E-state index in [1.165, 1.54) is 0 Å². The molecule has 0 aliphatic carbocycles. The molecule has 0 bridgehead atoms. The first-order valence-corrected chi connectivity index (χ1v) is 8.09. The Balaban J connectivity index is 1.52. The highest BCUT2D eigenvalue weighted by molar-refractivity contribution is 5.92. The molecule has 0 saturated heterocycles. The van der Waals surface area contributed by atoms with Gasteiger partial charge in [0.2, 0.25) is 0 Å². The minimum Gasteiger partial charge on any atom is -0.467 e. The minimum absolute atomic E-state index is 0.0911. The van der Waals surface area contributed by atoms with Crippen molar-refractivity contribution in [3.8, 4) is 0 Å². The standard InChI is InChI=1S/C19H20N4O2/c1-23(11-8-15-6-9-20-10-7-15)19(24)18-5-4-16(13-22-18)21-14-17-3-2-12-25-17/h2-7,9-10,12-13,21H,8,11,14H2,1H3. The molecule has 128 valence electrons. The van der Waals surface area contributed by atoms with E-state index < -0.39 is 0 Å². The van der Waals surface area contributed by atoms with E-state index in [4.69, 9.17) is 4.42 Å². The van der Waals surface area contributed by atoms with Crippen LogP contribution in [0.3, 0.4) is 0 Å². The topological polar surface area (TPSA) is 71.3 Å². The zero-order valence-electron chi connectivity index (χ0n) is 14.1. The van der Waals surface area contributed by atoms with Gasteiger partial charge in [0, 0.05) is 26.0 Å². The van der Waals surface area contributed by atoms with Crippen LogP contribution >= 0.6 is 0 Å². The fourth-order valence-electron chi connectivity index (χ4n) is 2.37. The summed E-state index contributed by atoms with van der Waals surface area (Å²) in [4.78, 5) is 22.4. The van der Waals surface area contributed by atoms with Crippen molar-refractivity contribution >= 4 is 11.6 Å². The van der Waals surface area contributed by atoms with Crippen LogP contribution in [0.4, 0.5) is 5.69 Å². The van der Waals surface area contributed by atoms with E-state index in [1.807, 2.05) is 30.3 Å². The Bertz CT molecular complexity index is 786. The van der Waals surface area contributed by atoms with Gasteiger partial charge in [0.1, 0.15) is 11.5 Å². The van der Waals surface area contributed by atoms with Crippen molar-refractivity contribution in [2.24, 2.45) is 0 Å². The summed E-state index contributed by atoms with van der Waals surface area (Å²) < 4.78 is 5.26. The molecule has 6 heteroatoms. The minimum atomic E-state index is -0.0911. The summed E-state index contributed by atoms with van der Waals surface area (Å²) in [6.07, 6.45) is 7.60. The lowest BCUT2D eigenvalue weighted by Crippen LogP contribution is -2.29. The van der Waals surface area contributed by atoms with E-state index in [1.54, 1.807) is 42.9 Å². The Hall–Kier alpha value is -3.15. The Kier molecular flexibility index (Phi) is 5.41. The highest BCUT2D eigenvalue weighted by Gasteiger charge is 2.13. The van der Waals surface area contributed by atoms with Crippen LogP contribution in [0.25, 0.3) is 0 Å². The van der Waals surface area contributed by atoms with Gasteiger partial charge in [0.25, 0.3) is 5.91 Å². The summed E-state index contributed by atoms with van der Waals surface area (Å²) in [7, 11) is 1.79. The van der Waals surface area contributed by atoms with Gasteiger partial charge in [-0.05, 0) is 48.4 Å². The van der Waals surface area contributed by atoms with Crippen LogP contribution in [0, 0.1) is 0 Å². The molecule has 0 aliphatic rings. The second-order valence-corrected chi connectivity index (χ2v) is 5.70. The largest absolute Gasteiger partial charge is 0.467 e. The predicted octanol–water partition coefficient (Wildman–Crippen LogP) is 3.00. The quantitative estimate of drug-likeness (QED) is 0.718. The molecule has 0 unspecified atom stereocenters. The molecule has 0 spiro atoms. The lowest BCUT2D eigenvalue weighted by molar-refractivity contribution is 0.0791. The van der Waals surface area contributed by atoms with Gasteiger partial charge in [0.15, 0.2) is 0 Å². The van der Waals surface area contributed by atoms with Gasteiger partial charge in [-0.25, -0.2) is 4.98 Å². The van der Waals surface area contributed by atoms with Crippen molar-refractivity contribution in [1.29, 1.82) is 0 Å². The van der Waals surface area contributed by atoms with E-state index in [9.17, 15) is 4.79 Å². The van der Waals surface area contributed by atoms with E-state index in [2.05, 4.69) is 15.3 Å².